The molecule has 1 unspecified atom stereocenters. The highest BCUT2D eigenvalue weighted by molar-refractivity contribution is 8.16. The van der Waals surface area contributed by atoms with Crippen molar-refractivity contribution in [3.63, 3.8) is 0 Å². The molecule has 0 spiro atoms. The minimum absolute atomic E-state index is 0.373. The van der Waals surface area contributed by atoms with Gasteiger partial charge < -0.3 is 10.0 Å². The number of carboxylic acids is 1. The topological polar surface area (TPSA) is 77.9 Å². The first-order chi connectivity index (χ1) is 12.0. The van der Waals surface area contributed by atoms with Crippen LogP contribution in [0.1, 0.15) is 5.56 Å². The maximum Gasteiger partial charge on any atom is 0.323 e. The van der Waals surface area contributed by atoms with E-state index in [1.54, 1.807) is 42.5 Å². The van der Waals surface area contributed by atoms with E-state index in [1.165, 1.54) is 4.90 Å². The van der Waals surface area contributed by atoms with Crippen molar-refractivity contribution in [2.45, 2.75) is 12.3 Å². The fourth-order valence-corrected chi connectivity index (χ4v) is 3.62. The molecule has 2 aromatic rings. The van der Waals surface area contributed by atoms with Crippen LogP contribution in [0, 0.1) is 6.92 Å². The second-order valence-corrected chi connectivity index (χ2v) is 6.63. The van der Waals surface area contributed by atoms with E-state index in [-0.39, 0.29) is 6.54 Å². The molecule has 0 radical (unpaired) electrons. The van der Waals surface area contributed by atoms with E-state index in [0.29, 0.717) is 11.4 Å². The van der Waals surface area contributed by atoms with Crippen molar-refractivity contribution in [1.29, 1.82) is 0 Å². The van der Waals surface area contributed by atoms with Gasteiger partial charge in [-0.3, -0.25) is 14.4 Å². The van der Waals surface area contributed by atoms with Crippen LogP contribution in [0.4, 0.5) is 16.2 Å². The smallest absolute Gasteiger partial charge is 0.323 e. The van der Waals surface area contributed by atoms with Gasteiger partial charge in [-0.05, 0) is 43.0 Å². The molecule has 1 aliphatic heterocycles. The van der Waals surface area contributed by atoms with Crippen molar-refractivity contribution < 1.29 is 19.5 Å². The fraction of sp³-hybridized carbons (Fsp3) is 0.167. The monoisotopic (exact) mass is 356 g/mol. The van der Waals surface area contributed by atoms with Gasteiger partial charge in [-0.2, -0.15) is 0 Å². The summed E-state index contributed by atoms with van der Waals surface area (Å²) in [5.41, 5.74) is 2.08. The van der Waals surface area contributed by atoms with Crippen molar-refractivity contribution in [2.75, 3.05) is 16.3 Å². The first kappa shape index (κ1) is 17.0. The van der Waals surface area contributed by atoms with Crippen molar-refractivity contribution in [2.24, 2.45) is 0 Å². The van der Waals surface area contributed by atoms with Gasteiger partial charge >= 0.3 is 5.97 Å². The van der Waals surface area contributed by atoms with E-state index >= 15 is 0 Å². The molecule has 3 rings (SSSR count). The molecule has 0 bridgehead atoms. The van der Waals surface area contributed by atoms with E-state index in [0.717, 1.165) is 22.2 Å². The Morgan fingerprint density at radius 3 is 2.36 bits per heavy atom. The molecule has 0 saturated carbocycles. The largest absolute Gasteiger partial charge is 0.480 e. The minimum Gasteiger partial charge on any atom is -0.480 e. The number of anilines is 2. The van der Waals surface area contributed by atoms with Crippen LogP contribution in [-0.4, -0.2) is 34.1 Å². The van der Waals surface area contributed by atoms with Crippen LogP contribution in [0.3, 0.4) is 0 Å². The zero-order chi connectivity index (χ0) is 18.0. The number of para-hydroxylation sites is 1. The summed E-state index contributed by atoms with van der Waals surface area (Å²) in [7, 11) is 0. The Labute approximate surface area is 149 Å². The lowest BCUT2D eigenvalue weighted by molar-refractivity contribution is -0.135. The van der Waals surface area contributed by atoms with Crippen LogP contribution in [-0.2, 0) is 9.59 Å². The summed E-state index contributed by atoms with van der Waals surface area (Å²) < 4.78 is 0. The maximum atomic E-state index is 12.8. The molecule has 2 amide bonds. The number of carboxylic acid groups (broad SMARTS) is 1. The molecule has 1 N–H and O–H groups in total. The molecular formula is C18H16N2O4S. The van der Waals surface area contributed by atoms with Crippen molar-refractivity contribution in [3.05, 3.63) is 60.2 Å². The number of imide groups is 1. The predicted octanol–water partition coefficient (Wildman–Crippen LogP) is 3.11. The van der Waals surface area contributed by atoms with Crippen LogP contribution in [0.15, 0.2) is 54.6 Å². The summed E-state index contributed by atoms with van der Waals surface area (Å²) in [4.78, 5) is 39.0. The van der Waals surface area contributed by atoms with Gasteiger partial charge in [-0.25, -0.2) is 4.90 Å². The molecule has 25 heavy (non-hydrogen) atoms. The van der Waals surface area contributed by atoms with Crippen molar-refractivity contribution >= 4 is 40.3 Å². The first-order valence-electron chi connectivity index (χ1n) is 7.62. The molecule has 1 aliphatic rings. The standard InChI is InChI=1S/C18H16N2O4S/c1-12-7-9-13(10-8-12)19(11-15(21)22)17-16(23)20(18(24)25-17)14-5-3-2-4-6-14/h2-10,17H,11H2,1H3,(H,21,22). The number of thioether (sulfide) groups is 1. The molecule has 1 heterocycles. The summed E-state index contributed by atoms with van der Waals surface area (Å²) in [5.74, 6) is -1.51. The highest BCUT2D eigenvalue weighted by atomic mass is 32.2. The number of nitrogens with zero attached hydrogens (tertiary/aromatic N) is 2. The maximum absolute atomic E-state index is 12.8. The SMILES string of the molecule is Cc1ccc(N(CC(=O)O)C2SC(=O)N(c3ccccc3)C2=O)cc1. The van der Waals surface area contributed by atoms with E-state index < -0.39 is 22.5 Å². The second kappa shape index (κ2) is 6.98. The molecule has 7 heteroatoms. The fourth-order valence-electron chi connectivity index (χ4n) is 2.60. The number of rotatable bonds is 5. The van der Waals surface area contributed by atoms with Gasteiger partial charge in [-0.15, -0.1) is 0 Å². The predicted molar refractivity (Wildman–Crippen MR) is 96.9 cm³/mol. The normalized spacial score (nSPS) is 17.0. The third-order valence-corrected chi connectivity index (χ3v) is 4.86. The molecule has 6 nitrogen and oxygen atoms in total. The average molecular weight is 356 g/mol. The van der Waals surface area contributed by atoms with Crippen LogP contribution in [0.5, 0.6) is 0 Å². The number of aliphatic carboxylic acids is 1. The summed E-state index contributed by atoms with van der Waals surface area (Å²) in [6.45, 7) is 1.55. The Bertz CT molecular complexity index is 808. The molecule has 1 saturated heterocycles. The minimum atomic E-state index is -1.07. The average Bonchev–Trinajstić information content (AvgIpc) is 2.88. The lowest BCUT2D eigenvalue weighted by Gasteiger charge is -2.27. The zero-order valence-corrected chi connectivity index (χ0v) is 14.3. The quantitative estimate of drug-likeness (QED) is 0.887. The summed E-state index contributed by atoms with van der Waals surface area (Å²) in [5, 5.41) is 7.91. The molecule has 1 atom stereocenters. The number of carbonyl (C=O) groups excluding carboxylic acids is 2. The highest BCUT2D eigenvalue weighted by Gasteiger charge is 2.44. The lowest BCUT2D eigenvalue weighted by Crippen LogP contribution is -2.43. The number of benzene rings is 2. The van der Waals surface area contributed by atoms with Gasteiger partial charge in [0, 0.05) is 5.69 Å². The van der Waals surface area contributed by atoms with Crippen LogP contribution in [0.25, 0.3) is 0 Å². The molecule has 0 aliphatic carbocycles. The molecular weight excluding hydrogens is 340 g/mol. The van der Waals surface area contributed by atoms with Crippen molar-refractivity contribution in [1.82, 2.24) is 0 Å². The van der Waals surface area contributed by atoms with Gasteiger partial charge in [0.2, 0.25) is 0 Å². The van der Waals surface area contributed by atoms with Crippen molar-refractivity contribution in [3.8, 4) is 0 Å². The summed E-state index contributed by atoms with van der Waals surface area (Å²) in [6, 6.07) is 15.8. The lowest BCUT2D eigenvalue weighted by atomic mass is 10.2. The zero-order valence-electron chi connectivity index (χ0n) is 13.5. The van der Waals surface area contributed by atoms with Gasteiger partial charge in [-0.1, -0.05) is 35.9 Å². The summed E-state index contributed by atoms with van der Waals surface area (Å²) in [6.07, 6.45) is 0. The van der Waals surface area contributed by atoms with Crippen LogP contribution in [0.2, 0.25) is 0 Å². The number of amides is 2. The Hall–Kier alpha value is -2.80. The van der Waals surface area contributed by atoms with Crippen LogP contribution >= 0.6 is 11.8 Å². The van der Waals surface area contributed by atoms with Gasteiger partial charge in [0.15, 0.2) is 5.37 Å². The van der Waals surface area contributed by atoms with E-state index in [2.05, 4.69) is 0 Å². The van der Waals surface area contributed by atoms with E-state index in [9.17, 15) is 19.5 Å². The Balaban J connectivity index is 1.94. The Morgan fingerprint density at radius 2 is 1.76 bits per heavy atom. The third-order valence-electron chi connectivity index (χ3n) is 3.80. The molecule has 128 valence electrons. The number of carbonyl (C=O) groups is 3. The molecule has 1 fully saturated rings. The Kier molecular flexibility index (Phi) is 4.76. The number of aryl methyl sites for hydroxylation is 1. The second-order valence-electron chi connectivity index (χ2n) is 5.60. The van der Waals surface area contributed by atoms with Crippen LogP contribution < -0.4 is 9.80 Å². The van der Waals surface area contributed by atoms with E-state index in [4.69, 9.17) is 0 Å². The Morgan fingerprint density at radius 1 is 1.12 bits per heavy atom. The molecule has 0 aromatic heterocycles. The van der Waals surface area contributed by atoms with Gasteiger partial charge in [0.05, 0.1) is 5.69 Å². The van der Waals surface area contributed by atoms with Gasteiger partial charge in [0.1, 0.15) is 6.54 Å². The molecule has 2 aromatic carbocycles. The first-order valence-corrected chi connectivity index (χ1v) is 8.50. The third kappa shape index (κ3) is 3.51. The summed E-state index contributed by atoms with van der Waals surface area (Å²) >= 11 is 0.826. The highest BCUT2D eigenvalue weighted by Crippen LogP contribution is 2.35. The number of hydrogen-bond acceptors (Lipinski definition) is 5. The van der Waals surface area contributed by atoms with Gasteiger partial charge in [0.25, 0.3) is 11.1 Å². The van der Waals surface area contributed by atoms with E-state index in [1.807, 2.05) is 19.1 Å². The number of hydrogen-bond donors (Lipinski definition) is 1.